The van der Waals surface area contributed by atoms with Crippen molar-refractivity contribution in [3.05, 3.63) is 70.8 Å². The predicted octanol–water partition coefficient (Wildman–Crippen LogP) is 2.85. The van der Waals surface area contributed by atoms with Crippen molar-refractivity contribution in [1.29, 1.82) is 0 Å². The van der Waals surface area contributed by atoms with Crippen LogP contribution in [-0.2, 0) is 38.5 Å². The van der Waals surface area contributed by atoms with Crippen LogP contribution in [-0.4, -0.2) is 52.6 Å². The molecule has 9 heteroatoms. The molecule has 0 fully saturated rings. The van der Waals surface area contributed by atoms with E-state index >= 15 is 0 Å². The Hall–Kier alpha value is -3.33. The van der Waals surface area contributed by atoms with Gasteiger partial charge in [0.1, 0.15) is 23.7 Å². The van der Waals surface area contributed by atoms with Gasteiger partial charge in [-0.2, -0.15) is 0 Å². The number of carbonyl (C=O) groups excluding carboxylic acids is 2. The van der Waals surface area contributed by atoms with Gasteiger partial charge in [-0.05, 0) is 67.6 Å². The standard InChI is InChI=1S/C25H28F2N2O5/c1-3-34-25(33)21(11-6-16-4-8-19(26)9-5-16)28-15(2)23(30)29-14-17-7-10-20(27)12-18(17)13-22(29)24(31)32/h4-5,7-10,12,15,21-22,28H,3,6,11,13-14H2,1-2H3,(H,31,32). The highest BCUT2D eigenvalue weighted by Crippen LogP contribution is 2.25. The number of hydrogen-bond acceptors (Lipinski definition) is 5. The Morgan fingerprint density at radius 1 is 1.12 bits per heavy atom. The van der Waals surface area contributed by atoms with Crippen molar-refractivity contribution in [2.24, 2.45) is 0 Å². The smallest absolute Gasteiger partial charge is 0.326 e. The van der Waals surface area contributed by atoms with Crippen LogP contribution in [0.25, 0.3) is 0 Å². The molecule has 2 N–H and O–H groups in total. The first kappa shape index (κ1) is 25.3. The van der Waals surface area contributed by atoms with Gasteiger partial charge in [0, 0.05) is 13.0 Å². The van der Waals surface area contributed by atoms with Crippen LogP contribution in [0.4, 0.5) is 8.78 Å². The van der Waals surface area contributed by atoms with Gasteiger partial charge < -0.3 is 14.7 Å². The summed E-state index contributed by atoms with van der Waals surface area (Å²) in [6.07, 6.45) is 0.734. The maximum absolute atomic E-state index is 13.6. The van der Waals surface area contributed by atoms with Gasteiger partial charge in [0.15, 0.2) is 0 Å². The van der Waals surface area contributed by atoms with E-state index in [-0.39, 0.29) is 25.4 Å². The summed E-state index contributed by atoms with van der Waals surface area (Å²) in [5, 5.41) is 12.7. The van der Waals surface area contributed by atoms with E-state index in [2.05, 4.69) is 5.32 Å². The third-order valence-electron chi connectivity index (χ3n) is 5.89. The van der Waals surface area contributed by atoms with E-state index in [1.54, 1.807) is 32.0 Å². The SMILES string of the molecule is CCOC(=O)C(CCc1ccc(F)cc1)NC(C)C(=O)N1Cc2ccc(F)cc2CC1C(=O)O. The molecule has 0 saturated carbocycles. The van der Waals surface area contributed by atoms with Gasteiger partial charge in [0.2, 0.25) is 5.91 Å². The molecule has 0 spiro atoms. The first-order valence-electron chi connectivity index (χ1n) is 11.2. The van der Waals surface area contributed by atoms with Crippen LogP contribution in [0.1, 0.15) is 37.0 Å². The lowest BCUT2D eigenvalue weighted by Crippen LogP contribution is -2.56. The lowest BCUT2D eigenvalue weighted by molar-refractivity contribution is -0.153. The Morgan fingerprint density at radius 2 is 1.79 bits per heavy atom. The van der Waals surface area contributed by atoms with Gasteiger partial charge >= 0.3 is 11.9 Å². The summed E-state index contributed by atoms with van der Waals surface area (Å²) in [7, 11) is 0. The second kappa shape index (κ2) is 11.2. The van der Waals surface area contributed by atoms with Gasteiger partial charge in [-0.15, -0.1) is 0 Å². The van der Waals surface area contributed by atoms with Crippen LogP contribution < -0.4 is 5.32 Å². The molecule has 0 aliphatic carbocycles. The van der Waals surface area contributed by atoms with Gasteiger partial charge in [-0.1, -0.05) is 18.2 Å². The van der Waals surface area contributed by atoms with E-state index in [1.165, 1.54) is 29.2 Å². The van der Waals surface area contributed by atoms with Crippen LogP contribution in [0.15, 0.2) is 42.5 Å². The molecule has 0 radical (unpaired) electrons. The van der Waals surface area contributed by atoms with Crippen molar-refractivity contribution in [3.8, 4) is 0 Å². The van der Waals surface area contributed by atoms with Crippen LogP contribution in [0.3, 0.4) is 0 Å². The summed E-state index contributed by atoms with van der Waals surface area (Å²) in [6.45, 7) is 3.42. The molecule has 1 amide bonds. The minimum absolute atomic E-state index is 0.00718. The number of esters is 1. The van der Waals surface area contributed by atoms with Crippen molar-refractivity contribution in [1.82, 2.24) is 10.2 Å². The van der Waals surface area contributed by atoms with E-state index in [1.807, 2.05) is 0 Å². The number of ether oxygens (including phenoxy) is 1. The number of aliphatic carboxylic acids is 1. The number of nitrogens with one attached hydrogen (secondary N) is 1. The Labute approximate surface area is 196 Å². The van der Waals surface area contributed by atoms with E-state index < -0.39 is 41.8 Å². The normalized spacial score (nSPS) is 16.9. The first-order valence-corrected chi connectivity index (χ1v) is 11.2. The van der Waals surface area contributed by atoms with Crippen molar-refractivity contribution in [2.45, 2.75) is 57.8 Å². The number of fused-ring (bicyclic) bond motifs is 1. The highest BCUT2D eigenvalue weighted by atomic mass is 19.1. The topological polar surface area (TPSA) is 95.9 Å². The lowest BCUT2D eigenvalue weighted by atomic mass is 9.93. The summed E-state index contributed by atoms with van der Waals surface area (Å²) in [5.41, 5.74) is 2.06. The molecule has 2 aromatic rings. The summed E-state index contributed by atoms with van der Waals surface area (Å²) in [6, 6.07) is 7.18. The summed E-state index contributed by atoms with van der Waals surface area (Å²) >= 11 is 0. The third kappa shape index (κ3) is 6.17. The molecule has 34 heavy (non-hydrogen) atoms. The number of halogens is 2. The molecule has 2 aromatic carbocycles. The number of carboxylic acids is 1. The minimum Gasteiger partial charge on any atom is -0.480 e. The molecule has 7 nitrogen and oxygen atoms in total. The fourth-order valence-corrected chi connectivity index (χ4v) is 4.10. The fraction of sp³-hybridized carbons (Fsp3) is 0.400. The van der Waals surface area contributed by atoms with E-state index in [4.69, 9.17) is 4.74 Å². The largest absolute Gasteiger partial charge is 0.480 e. The molecule has 3 unspecified atom stereocenters. The van der Waals surface area contributed by atoms with Crippen molar-refractivity contribution < 1.29 is 33.0 Å². The Bertz CT molecular complexity index is 1040. The summed E-state index contributed by atoms with van der Waals surface area (Å²) in [5.74, 6) is -3.02. The van der Waals surface area contributed by atoms with E-state index in [0.29, 0.717) is 24.0 Å². The molecule has 0 bridgehead atoms. The average molecular weight is 475 g/mol. The first-order chi connectivity index (χ1) is 16.2. The predicted molar refractivity (Wildman–Crippen MR) is 120 cm³/mol. The van der Waals surface area contributed by atoms with Crippen LogP contribution in [0, 0.1) is 11.6 Å². The molecule has 1 aliphatic rings. The van der Waals surface area contributed by atoms with Crippen LogP contribution in [0.2, 0.25) is 0 Å². The zero-order chi connectivity index (χ0) is 24.8. The average Bonchev–Trinajstić information content (AvgIpc) is 2.81. The van der Waals surface area contributed by atoms with E-state index in [0.717, 1.165) is 5.56 Å². The van der Waals surface area contributed by atoms with Crippen LogP contribution >= 0.6 is 0 Å². The van der Waals surface area contributed by atoms with Gasteiger partial charge in [-0.3, -0.25) is 14.9 Å². The highest BCUT2D eigenvalue weighted by molar-refractivity contribution is 5.88. The van der Waals surface area contributed by atoms with E-state index in [9.17, 15) is 28.3 Å². The molecule has 1 heterocycles. The Morgan fingerprint density at radius 3 is 2.44 bits per heavy atom. The number of amides is 1. The zero-order valence-corrected chi connectivity index (χ0v) is 19.1. The quantitative estimate of drug-likeness (QED) is 0.543. The number of aryl methyl sites for hydroxylation is 1. The Kier molecular flexibility index (Phi) is 8.33. The maximum atomic E-state index is 13.6. The molecule has 0 saturated heterocycles. The summed E-state index contributed by atoms with van der Waals surface area (Å²) < 4.78 is 31.9. The Balaban J connectivity index is 1.73. The molecule has 1 aliphatic heterocycles. The minimum atomic E-state index is -1.19. The number of benzene rings is 2. The number of hydrogen-bond donors (Lipinski definition) is 2. The maximum Gasteiger partial charge on any atom is 0.326 e. The second-order valence-electron chi connectivity index (χ2n) is 8.30. The zero-order valence-electron chi connectivity index (χ0n) is 19.1. The van der Waals surface area contributed by atoms with Crippen molar-refractivity contribution >= 4 is 17.8 Å². The second-order valence-corrected chi connectivity index (χ2v) is 8.30. The van der Waals surface area contributed by atoms with Crippen molar-refractivity contribution in [3.63, 3.8) is 0 Å². The fourth-order valence-electron chi connectivity index (χ4n) is 4.10. The number of carbonyl (C=O) groups is 3. The molecular weight excluding hydrogens is 446 g/mol. The van der Waals surface area contributed by atoms with Gasteiger partial charge in [0.25, 0.3) is 0 Å². The summed E-state index contributed by atoms with van der Waals surface area (Å²) in [4.78, 5) is 38.9. The lowest BCUT2D eigenvalue weighted by Gasteiger charge is -2.36. The molecule has 3 atom stereocenters. The molecule has 0 aromatic heterocycles. The molecule has 3 rings (SSSR count). The molecule has 182 valence electrons. The number of rotatable bonds is 9. The number of carboxylic acid groups (broad SMARTS) is 1. The van der Waals surface area contributed by atoms with Crippen LogP contribution in [0.5, 0.6) is 0 Å². The van der Waals surface area contributed by atoms with Gasteiger partial charge in [-0.25, -0.2) is 13.6 Å². The molecular formula is C25H28F2N2O5. The third-order valence-corrected chi connectivity index (χ3v) is 5.89. The van der Waals surface area contributed by atoms with Crippen molar-refractivity contribution in [2.75, 3.05) is 6.61 Å². The monoisotopic (exact) mass is 474 g/mol. The number of nitrogens with zero attached hydrogens (tertiary/aromatic N) is 1. The van der Waals surface area contributed by atoms with Gasteiger partial charge in [0.05, 0.1) is 12.6 Å². The highest BCUT2D eigenvalue weighted by Gasteiger charge is 2.37.